The number of benzene rings is 2. The number of methoxy groups -OCH3 is 1. The molecule has 2 aromatic carbocycles. The molecule has 0 N–H and O–H groups in total. The van der Waals surface area contributed by atoms with E-state index in [0.29, 0.717) is 28.2 Å². The monoisotopic (exact) mass is 449 g/mol. The van der Waals surface area contributed by atoms with Crippen LogP contribution in [0.1, 0.15) is 29.1 Å². The zero-order valence-corrected chi connectivity index (χ0v) is 18.1. The molecule has 1 atom stereocenters. The molecule has 0 bridgehead atoms. The lowest BCUT2D eigenvalue weighted by Crippen LogP contribution is -2.17. The topological polar surface area (TPSA) is 66.2 Å². The van der Waals surface area contributed by atoms with E-state index in [-0.39, 0.29) is 29.9 Å². The number of rotatable bonds is 10. The van der Waals surface area contributed by atoms with Gasteiger partial charge in [0.2, 0.25) is 0 Å². The van der Waals surface area contributed by atoms with Crippen LogP contribution in [0, 0.1) is 5.82 Å². The van der Waals surface area contributed by atoms with Gasteiger partial charge in [0.1, 0.15) is 6.61 Å². The fourth-order valence-electron chi connectivity index (χ4n) is 2.82. The number of ketones is 1. The summed E-state index contributed by atoms with van der Waals surface area (Å²) in [6.45, 7) is 2.40. The van der Waals surface area contributed by atoms with E-state index in [0.717, 1.165) is 0 Å². The third-order valence-corrected chi connectivity index (χ3v) is 5.47. The number of nitrogens with zero attached hydrogens (tertiary/aromatic N) is 3. The van der Waals surface area contributed by atoms with Gasteiger partial charge in [0, 0.05) is 17.7 Å². The van der Waals surface area contributed by atoms with Crippen molar-refractivity contribution in [2.75, 3.05) is 19.5 Å². The maximum absolute atomic E-state index is 13.8. The average molecular weight is 450 g/mol. The molecule has 9 heteroatoms. The van der Waals surface area contributed by atoms with Crippen molar-refractivity contribution in [2.24, 2.45) is 0 Å². The maximum Gasteiger partial charge on any atom is 0.192 e. The third-order valence-electron chi connectivity index (χ3n) is 4.28. The standard InChI is InChI=1S/C21H21ClFN3O3S/c1-14(11-28-2)26-20(12-29-19-6-4-3-5-17(19)23)24-25-21(26)30-13-18(27)15-7-9-16(22)10-8-15/h3-10,14H,11-13H2,1-2H3. The summed E-state index contributed by atoms with van der Waals surface area (Å²) in [7, 11) is 1.60. The quantitative estimate of drug-likeness (QED) is 0.326. The molecule has 30 heavy (non-hydrogen) atoms. The van der Waals surface area contributed by atoms with E-state index in [1.54, 1.807) is 49.6 Å². The Morgan fingerprint density at radius 2 is 1.93 bits per heavy atom. The second-order valence-electron chi connectivity index (χ2n) is 6.51. The Hall–Kier alpha value is -2.42. The van der Waals surface area contributed by atoms with Gasteiger partial charge >= 0.3 is 0 Å². The first-order chi connectivity index (χ1) is 14.5. The van der Waals surface area contributed by atoms with Crippen LogP contribution in [-0.4, -0.2) is 40.0 Å². The zero-order valence-electron chi connectivity index (χ0n) is 16.5. The Morgan fingerprint density at radius 1 is 1.20 bits per heavy atom. The summed E-state index contributed by atoms with van der Waals surface area (Å²) >= 11 is 7.15. The predicted octanol–water partition coefficient (Wildman–Crippen LogP) is 4.83. The SMILES string of the molecule is COCC(C)n1c(COc2ccccc2F)nnc1SCC(=O)c1ccc(Cl)cc1. The van der Waals surface area contributed by atoms with Crippen LogP contribution in [0.3, 0.4) is 0 Å². The van der Waals surface area contributed by atoms with Gasteiger partial charge in [-0.05, 0) is 43.3 Å². The highest BCUT2D eigenvalue weighted by atomic mass is 35.5. The summed E-state index contributed by atoms with van der Waals surface area (Å²) in [6, 6.07) is 12.8. The highest BCUT2D eigenvalue weighted by Crippen LogP contribution is 2.25. The van der Waals surface area contributed by atoms with Gasteiger partial charge in [0.15, 0.2) is 28.3 Å². The van der Waals surface area contributed by atoms with Crippen molar-refractivity contribution in [3.05, 3.63) is 70.8 Å². The van der Waals surface area contributed by atoms with E-state index in [1.807, 2.05) is 11.5 Å². The van der Waals surface area contributed by atoms with Gasteiger partial charge in [-0.25, -0.2) is 4.39 Å². The van der Waals surface area contributed by atoms with Crippen molar-refractivity contribution in [3.8, 4) is 5.75 Å². The Bertz CT molecular complexity index is 997. The van der Waals surface area contributed by atoms with Crippen molar-refractivity contribution in [1.29, 1.82) is 0 Å². The molecule has 0 amide bonds. The molecule has 3 rings (SSSR count). The number of halogens is 2. The summed E-state index contributed by atoms with van der Waals surface area (Å²) in [5, 5.41) is 9.53. The molecule has 0 saturated carbocycles. The second kappa shape index (κ2) is 10.6. The van der Waals surface area contributed by atoms with Gasteiger partial charge in [-0.1, -0.05) is 35.5 Å². The van der Waals surface area contributed by atoms with Gasteiger partial charge < -0.3 is 9.47 Å². The summed E-state index contributed by atoms with van der Waals surface area (Å²) in [5.74, 6) is 0.349. The molecule has 3 aromatic rings. The van der Waals surface area contributed by atoms with Crippen molar-refractivity contribution in [2.45, 2.75) is 24.7 Å². The molecule has 1 unspecified atom stereocenters. The average Bonchev–Trinajstić information content (AvgIpc) is 3.15. The van der Waals surface area contributed by atoms with Gasteiger partial charge in [-0.2, -0.15) is 0 Å². The van der Waals surface area contributed by atoms with Crippen LogP contribution in [-0.2, 0) is 11.3 Å². The highest BCUT2D eigenvalue weighted by molar-refractivity contribution is 7.99. The number of aromatic nitrogens is 3. The number of carbonyl (C=O) groups is 1. The van der Waals surface area contributed by atoms with Crippen molar-refractivity contribution in [3.63, 3.8) is 0 Å². The van der Waals surface area contributed by atoms with Gasteiger partial charge in [0.25, 0.3) is 0 Å². The smallest absolute Gasteiger partial charge is 0.192 e. The van der Waals surface area contributed by atoms with Crippen molar-refractivity contribution < 1.29 is 18.7 Å². The number of thioether (sulfide) groups is 1. The summed E-state index contributed by atoms with van der Waals surface area (Å²) in [6.07, 6.45) is 0. The normalized spacial score (nSPS) is 12.0. The van der Waals surface area contributed by atoms with Gasteiger partial charge in [-0.15, -0.1) is 10.2 Å². The largest absolute Gasteiger partial charge is 0.483 e. The minimum absolute atomic E-state index is 0.0354. The Kier molecular flexibility index (Phi) is 7.84. The zero-order chi connectivity index (χ0) is 21.5. The van der Waals surface area contributed by atoms with Crippen LogP contribution >= 0.6 is 23.4 Å². The second-order valence-corrected chi connectivity index (χ2v) is 7.89. The molecule has 158 valence electrons. The molecule has 0 saturated heterocycles. The maximum atomic E-state index is 13.8. The first-order valence-corrected chi connectivity index (χ1v) is 10.6. The lowest BCUT2D eigenvalue weighted by atomic mass is 10.1. The van der Waals surface area contributed by atoms with E-state index in [4.69, 9.17) is 21.1 Å². The lowest BCUT2D eigenvalue weighted by molar-refractivity contribution is 0.102. The molecule has 0 fully saturated rings. The minimum atomic E-state index is -0.448. The predicted molar refractivity (Wildman–Crippen MR) is 114 cm³/mol. The summed E-state index contributed by atoms with van der Waals surface area (Å²) < 4.78 is 26.5. The molecule has 0 aliphatic heterocycles. The number of ether oxygens (including phenoxy) is 2. The Morgan fingerprint density at radius 3 is 2.63 bits per heavy atom. The molecular formula is C21H21ClFN3O3S. The van der Waals surface area contributed by atoms with E-state index < -0.39 is 5.82 Å². The van der Waals surface area contributed by atoms with Crippen LogP contribution in [0.4, 0.5) is 4.39 Å². The molecule has 6 nitrogen and oxygen atoms in total. The van der Waals surface area contributed by atoms with Crippen molar-refractivity contribution in [1.82, 2.24) is 14.8 Å². The highest BCUT2D eigenvalue weighted by Gasteiger charge is 2.20. The van der Waals surface area contributed by atoms with E-state index in [2.05, 4.69) is 10.2 Å². The van der Waals surface area contributed by atoms with Crippen LogP contribution < -0.4 is 4.74 Å². The third kappa shape index (κ3) is 5.59. The molecule has 0 radical (unpaired) electrons. The number of para-hydroxylation sites is 1. The first-order valence-electron chi connectivity index (χ1n) is 9.21. The fourth-order valence-corrected chi connectivity index (χ4v) is 3.89. The molecule has 0 aliphatic rings. The van der Waals surface area contributed by atoms with Crippen LogP contribution in [0.2, 0.25) is 5.02 Å². The fraction of sp³-hybridized carbons (Fsp3) is 0.286. The molecular weight excluding hydrogens is 429 g/mol. The Balaban J connectivity index is 1.74. The van der Waals surface area contributed by atoms with E-state index in [9.17, 15) is 9.18 Å². The van der Waals surface area contributed by atoms with E-state index in [1.165, 1.54) is 17.8 Å². The summed E-state index contributed by atoms with van der Waals surface area (Å²) in [5.41, 5.74) is 0.575. The molecule has 1 heterocycles. The number of hydrogen-bond acceptors (Lipinski definition) is 6. The first kappa shape index (κ1) is 22.3. The molecule has 0 aliphatic carbocycles. The minimum Gasteiger partial charge on any atom is -0.483 e. The van der Waals surface area contributed by atoms with Gasteiger partial charge in [-0.3, -0.25) is 9.36 Å². The van der Waals surface area contributed by atoms with Gasteiger partial charge in [0.05, 0.1) is 18.4 Å². The Labute approximate surface area is 183 Å². The number of carbonyl (C=O) groups excluding carboxylic acids is 1. The molecule has 0 spiro atoms. The van der Waals surface area contributed by atoms with Crippen molar-refractivity contribution >= 4 is 29.1 Å². The van der Waals surface area contributed by atoms with Crippen LogP contribution in [0.5, 0.6) is 5.75 Å². The molecule has 1 aromatic heterocycles. The van der Waals surface area contributed by atoms with Crippen LogP contribution in [0.25, 0.3) is 0 Å². The van der Waals surface area contributed by atoms with E-state index >= 15 is 0 Å². The summed E-state index contributed by atoms with van der Waals surface area (Å²) in [4.78, 5) is 12.5. The number of hydrogen-bond donors (Lipinski definition) is 0. The lowest BCUT2D eigenvalue weighted by Gasteiger charge is -2.17. The number of Topliss-reactive ketones (excluding diaryl/α,β-unsaturated/α-hetero) is 1. The van der Waals surface area contributed by atoms with Crippen LogP contribution in [0.15, 0.2) is 53.7 Å².